The Morgan fingerprint density at radius 1 is 1.17 bits per heavy atom. The molecule has 1 amide bonds. The van der Waals surface area contributed by atoms with Gasteiger partial charge in [0, 0.05) is 12.5 Å². The van der Waals surface area contributed by atoms with Crippen LogP contribution in [0, 0.1) is 16.7 Å². The molecule has 1 fully saturated rings. The maximum Gasteiger partial charge on any atom is 0.325 e. The van der Waals surface area contributed by atoms with Crippen molar-refractivity contribution < 1.29 is 14.3 Å². The second kappa shape index (κ2) is 4.90. The van der Waals surface area contributed by atoms with Crippen LogP contribution in [-0.4, -0.2) is 37.0 Å². The van der Waals surface area contributed by atoms with E-state index in [2.05, 4.69) is 32.4 Å². The van der Waals surface area contributed by atoms with E-state index in [4.69, 9.17) is 0 Å². The van der Waals surface area contributed by atoms with Gasteiger partial charge in [-0.25, -0.2) is 0 Å². The van der Waals surface area contributed by atoms with E-state index in [1.165, 1.54) is 7.11 Å². The van der Waals surface area contributed by atoms with Gasteiger partial charge >= 0.3 is 5.97 Å². The molecule has 0 spiro atoms. The molecule has 1 saturated carbocycles. The fraction of sp³-hybridized carbons (Fsp3) is 0.857. The summed E-state index contributed by atoms with van der Waals surface area (Å²) < 4.78 is 4.65. The Bertz CT molecular complexity index is 333. The molecule has 0 heterocycles. The largest absolute Gasteiger partial charge is 0.468 e. The Morgan fingerprint density at radius 3 is 2.00 bits per heavy atom. The number of esters is 1. The van der Waals surface area contributed by atoms with Gasteiger partial charge in [-0.1, -0.05) is 34.6 Å². The summed E-state index contributed by atoms with van der Waals surface area (Å²) in [4.78, 5) is 25.5. The van der Waals surface area contributed by atoms with Gasteiger partial charge in [-0.3, -0.25) is 9.59 Å². The van der Waals surface area contributed by atoms with E-state index in [0.29, 0.717) is 6.54 Å². The van der Waals surface area contributed by atoms with Crippen LogP contribution in [-0.2, 0) is 14.3 Å². The van der Waals surface area contributed by atoms with Crippen LogP contribution in [0.15, 0.2) is 0 Å². The molecule has 1 rings (SSSR count). The zero-order valence-corrected chi connectivity index (χ0v) is 12.4. The molecule has 1 aliphatic rings. The lowest BCUT2D eigenvalue weighted by atomic mass is 10.0. The summed E-state index contributed by atoms with van der Waals surface area (Å²) in [6.45, 7) is 11.1. The summed E-state index contributed by atoms with van der Waals surface area (Å²) in [6, 6.07) is 0. The first kappa shape index (κ1) is 15.0. The quantitative estimate of drug-likeness (QED) is 0.707. The van der Waals surface area contributed by atoms with Crippen LogP contribution in [0.1, 0.15) is 41.0 Å². The monoisotopic (exact) mass is 255 g/mol. The van der Waals surface area contributed by atoms with Crippen molar-refractivity contribution in [1.29, 1.82) is 0 Å². The van der Waals surface area contributed by atoms with Crippen LogP contribution in [0.3, 0.4) is 0 Å². The fourth-order valence-corrected chi connectivity index (χ4v) is 2.75. The zero-order chi connectivity index (χ0) is 14.1. The summed E-state index contributed by atoms with van der Waals surface area (Å²) in [5, 5.41) is 0. The second-order valence-electron chi connectivity index (χ2n) is 6.21. The predicted octanol–water partition coefficient (Wildman–Crippen LogP) is 2.08. The summed E-state index contributed by atoms with van der Waals surface area (Å²) in [6.07, 6.45) is 0.844. The van der Waals surface area contributed by atoms with Gasteiger partial charge in [-0.2, -0.15) is 0 Å². The maximum absolute atomic E-state index is 12.5. The van der Waals surface area contributed by atoms with E-state index in [9.17, 15) is 9.59 Å². The second-order valence-corrected chi connectivity index (χ2v) is 6.21. The summed E-state index contributed by atoms with van der Waals surface area (Å²) in [5.74, 6) is -0.272. The van der Waals surface area contributed by atoms with Crippen molar-refractivity contribution in [3.8, 4) is 0 Å². The van der Waals surface area contributed by atoms with Crippen LogP contribution in [0.2, 0.25) is 0 Å². The number of nitrogens with zero attached hydrogens (tertiary/aromatic N) is 1. The molecular weight excluding hydrogens is 230 g/mol. The smallest absolute Gasteiger partial charge is 0.325 e. The van der Waals surface area contributed by atoms with Gasteiger partial charge in [0.05, 0.1) is 7.11 Å². The van der Waals surface area contributed by atoms with Gasteiger partial charge in [-0.05, 0) is 17.3 Å². The molecule has 0 radical (unpaired) electrons. The van der Waals surface area contributed by atoms with E-state index < -0.39 is 0 Å². The highest BCUT2D eigenvalue weighted by Crippen LogP contribution is 2.68. The van der Waals surface area contributed by atoms with Crippen molar-refractivity contribution in [2.75, 3.05) is 20.2 Å². The number of methoxy groups -OCH3 is 1. The molecule has 0 aromatic carbocycles. The fourth-order valence-electron chi connectivity index (χ4n) is 2.75. The molecule has 0 bridgehead atoms. The number of amides is 1. The lowest BCUT2D eigenvalue weighted by molar-refractivity contribution is -0.148. The summed E-state index contributed by atoms with van der Waals surface area (Å²) >= 11 is 0. The highest BCUT2D eigenvalue weighted by Gasteiger charge is 2.68. The number of rotatable bonds is 5. The Balaban J connectivity index is 2.76. The molecule has 4 heteroatoms. The molecule has 0 N–H and O–H groups in total. The molecule has 0 aliphatic heterocycles. The highest BCUT2D eigenvalue weighted by molar-refractivity contribution is 5.87. The first-order valence-corrected chi connectivity index (χ1v) is 6.55. The summed E-state index contributed by atoms with van der Waals surface area (Å²) in [5.41, 5.74) is 0.0123. The van der Waals surface area contributed by atoms with Crippen molar-refractivity contribution in [1.82, 2.24) is 4.90 Å². The predicted molar refractivity (Wildman–Crippen MR) is 69.9 cm³/mol. The third-order valence-corrected chi connectivity index (χ3v) is 4.62. The van der Waals surface area contributed by atoms with Crippen LogP contribution >= 0.6 is 0 Å². The number of ether oxygens (including phenoxy) is 1. The molecule has 104 valence electrons. The molecule has 18 heavy (non-hydrogen) atoms. The minimum atomic E-state index is -0.354. The molecule has 4 nitrogen and oxygen atoms in total. The van der Waals surface area contributed by atoms with Crippen molar-refractivity contribution in [3.63, 3.8) is 0 Å². The number of carbonyl (C=O) groups is 2. The molecule has 0 aromatic rings. The van der Waals surface area contributed by atoms with E-state index in [1.54, 1.807) is 4.90 Å². The Kier molecular flexibility index (Phi) is 4.08. The van der Waals surface area contributed by atoms with E-state index in [-0.39, 0.29) is 35.2 Å². The van der Waals surface area contributed by atoms with Crippen molar-refractivity contribution in [3.05, 3.63) is 0 Å². The number of hydrogen-bond donors (Lipinski definition) is 0. The standard InChI is InChI=1S/C14H25NO3/c1-7-8-15(9-10(16)18-6)12(17)11-13(2,3)14(11,4)5/h11H,7-9H2,1-6H3. The molecule has 0 aromatic heterocycles. The molecule has 1 aliphatic carbocycles. The van der Waals surface area contributed by atoms with Gasteiger partial charge in [0.2, 0.25) is 5.91 Å². The molecule has 0 unspecified atom stereocenters. The van der Waals surface area contributed by atoms with Crippen LogP contribution in [0.4, 0.5) is 0 Å². The Hall–Kier alpha value is -1.06. The van der Waals surface area contributed by atoms with Crippen molar-refractivity contribution in [2.45, 2.75) is 41.0 Å². The van der Waals surface area contributed by atoms with E-state index in [0.717, 1.165) is 6.42 Å². The zero-order valence-electron chi connectivity index (χ0n) is 12.4. The topological polar surface area (TPSA) is 46.6 Å². The first-order chi connectivity index (χ1) is 8.20. The third-order valence-electron chi connectivity index (χ3n) is 4.62. The maximum atomic E-state index is 12.5. The highest BCUT2D eigenvalue weighted by atomic mass is 16.5. The average Bonchev–Trinajstić information content (AvgIpc) is 2.68. The van der Waals surface area contributed by atoms with Gasteiger partial charge in [0.25, 0.3) is 0 Å². The van der Waals surface area contributed by atoms with E-state index >= 15 is 0 Å². The normalized spacial score (nSPS) is 20.3. The molecule has 0 atom stereocenters. The molecule has 0 saturated heterocycles. The van der Waals surface area contributed by atoms with Crippen LogP contribution < -0.4 is 0 Å². The minimum Gasteiger partial charge on any atom is -0.468 e. The van der Waals surface area contributed by atoms with Crippen molar-refractivity contribution >= 4 is 11.9 Å². The number of hydrogen-bond acceptors (Lipinski definition) is 3. The lowest BCUT2D eigenvalue weighted by Gasteiger charge is -2.21. The van der Waals surface area contributed by atoms with Crippen LogP contribution in [0.25, 0.3) is 0 Å². The summed E-state index contributed by atoms with van der Waals surface area (Å²) in [7, 11) is 1.35. The number of carbonyl (C=O) groups excluding carboxylic acids is 2. The van der Waals surface area contributed by atoms with Gasteiger partial charge in [0.1, 0.15) is 6.54 Å². The first-order valence-electron chi connectivity index (χ1n) is 6.55. The van der Waals surface area contributed by atoms with Crippen molar-refractivity contribution in [2.24, 2.45) is 16.7 Å². The van der Waals surface area contributed by atoms with Crippen LogP contribution in [0.5, 0.6) is 0 Å². The van der Waals surface area contributed by atoms with Gasteiger partial charge in [0.15, 0.2) is 0 Å². The third kappa shape index (κ3) is 2.38. The van der Waals surface area contributed by atoms with E-state index in [1.807, 2.05) is 6.92 Å². The Morgan fingerprint density at radius 2 is 1.67 bits per heavy atom. The van der Waals surface area contributed by atoms with Gasteiger partial charge in [-0.15, -0.1) is 0 Å². The average molecular weight is 255 g/mol. The minimum absolute atomic E-state index is 0.00112. The van der Waals surface area contributed by atoms with Gasteiger partial charge < -0.3 is 9.64 Å². The Labute approximate surface area is 110 Å². The lowest BCUT2D eigenvalue weighted by Crippen LogP contribution is -2.39. The molecular formula is C14H25NO3. The SMILES string of the molecule is CCCN(CC(=O)OC)C(=O)C1C(C)(C)C1(C)C.